The van der Waals surface area contributed by atoms with E-state index in [1.165, 1.54) is 0 Å². The van der Waals surface area contributed by atoms with Gasteiger partial charge in [0.1, 0.15) is 5.82 Å². The third-order valence-corrected chi connectivity index (χ3v) is 4.18. The molecule has 0 atom stereocenters. The molecule has 1 fully saturated rings. The molecule has 4 nitrogen and oxygen atoms in total. The second-order valence-corrected chi connectivity index (χ2v) is 6.30. The Bertz CT molecular complexity index is 804. The first kappa shape index (κ1) is 19.2. The van der Waals surface area contributed by atoms with E-state index in [0.717, 1.165) is 18.7 Å². The van der Waals surface area contributed by atoms with Crippen LogP contribution in [0.3, 0.4) is 0 Å². The molecular formula is C17H15F6N3O. The molecule has 1 heterocycles. The molecule has 0 saturated heterocycles. The molecule has 2 aromatic rings. The summed E-state index contributed by atoms with van der Waals surface area (Å²) < 4.78 is 78.9. The Morgan fingerprint density at radius 1 is 1.07 bits per heavy atom. The van der Waals surface area contributed by atoms with Crippen LogP contribution in [0.15, 0.2) is 30.6 Å². The maximum absolute atomic E-state index is 12.9. The van der Waals surface area contributed by atoms with E-state index in [0.29, 0.717) is 24.6 Å². The monoisotopic (exact) mass is 391 g/mol. The summed E-state index contributed by atoms with van der Waals surface area (Å²) in [6.45, 7) is 0.370. The van der Waals surface area contributed by atoms with Crippen molar-refractivity contribution in [3.05, 3.63) is 53.1 Å². The van der Waals surface area contributed by atoms with Crippen LogP contribution in [0.25, 0.3) is 0 Å². The number of carbonyl (C=O) groups excluding carboxylic acids is 1. The van der Waals surface area contributed by atoms with Crippen molar-refractivity contribution in [3.8, 4) is 0 Å². The van der Waals surface area contributed by atoms with Crippen molar-refractivity contribution in [1.29, 1.82) is 0 Å². The quantitative estimate of drug-likeness (QED) is 0.776. The third kappa shape index (κ3) is 4.61. The molecule has 1 aromatic carbocycles. The molecule has 1 saturated carbocycles. The van der Waals surface area contributed by atoms with Gasteiger partial charge in [0, 0.05) is 37.0 Å². The van der Waals surface area contributed by atoms with Gasteiger partial charge in [-0.05, 0) is 31.0 Å². The van der Waals surface area contributed by atoms with E-state index in [1.807, 2.05) is 4.57 Å². The summed E-state index contributed by atoms with van der Waals surface area (Å²) in [6.07, 6.45) is -4.62. The summed E-state index contributed by atoms with van der Waals surface area (Å²) in [5.41, 5.74) is -3.73. The molecule has 0 radical (unpaired) electrons. The molecule has 0 unspecified atom stereocenters. The van der Waals surface area contributed by atoms with E-state index in [1.54, 1.807) is 12.4 Å². The second kappa shape index (κ2) is 6.90. The van der Waals surface area contributed by atoms with E-state index < -0.39 is 35.0 Å². The number of carbonyl (C=O) groups is 1. The molecule has 0 spiro atoms. The van der Waals surface area contributed by atoms with Crippen LogP contribution in [0.5, 0.6) is 0 Å². The normalized spacial score (nSPS) is 15.0. The van der Waals surface area contributed by atoms with Gasteiger partial charge in [-0.2, -0.15) is 26.3 Å². The fourth-order valence-corrected chi connectivity index (χ4v) is 2.69. The van der Waals surface area contributed by atoms with E-state index in [9.17, 15) is 31.1 Å². The summed E-state index contributed by atoms with van der Waals surface area (Å²) in [5, 5.41) is 2.36. The first-order valence-corrected chi connectivity index (χ1v) is 8.14. The fourth-order valence-electron chi connectivity index (χ4n) is 2.69. The Labute approximate surface area is 150 Å². The average molecular weight is 391 g/mol. The molecule has 0 aliphatic heterocycles. The largest absolute Gasteiger partial charge is 0.416 e. The van der Waals surface area contributed by atoms with E-state index >= 15 is 0 Å². The van der Waals surface area contributed by atoms with E-state index in [4.69, 9.17) is 0 Å². The molecule has 10 heteroatoms. The topological polar surface area (TPSA) is 46.9 Å². The highest BCUT2D eigenvalue weighted by molar-refractivity contribution is 5.94. The van der Waals surface area contributed by atoms with Crippen molar-refractivity contribution in [2.45, 2.75) is 37.7 Å². The highest BCUT2D eigenvalue weighted by Crippen LogP contribution is 2.39. The Kier molecular flexibility index (Phi) is 4.92. The minimum Gasteiger partial charge on any atom is -0.350 e. The van der Waals surface area contributed by atoms with Crippen molar-refractivity contribution in [2.24, 2.45) is 0 Å². The number of aromatic nitrogens is 2. The molecule has 1 aliphatic carbocycles. The molecular weight excluding hydrogens is 376 g/mol. The zero-order chi connectivity index (χ0) is 19.8. The van der Waals surface area contributed by atoms with Crippen molar-refractivity contribution in [2.75, 3.05) is 6.54 Å². The lowest BCUT2D eigenvalue weighted by Gasteiger charge is -2.14. The number of alkyl halides is 6. The van der Waals surface area contributed by atoms with Crippen molar-refractivity contribution < 1.29 is 31.1 Å². The predicted octanol–water partition coefficient (Wildman–Crippen LogP) is 4.23. The second-order valence-electron chi connectivity index (χ2n) is 6.30. The summed E-state index contributed by atoms with van der Waals surface area (Å²) >= 11 is 0. The average Bonchev–Trinajstić information content (AvgIpc) is 3.31. The molecule has 27 heavy (non-hydrogen) atoms. The number of nitrogens with one attached hydrogen (secondary N) is 1. The number of nitrogens with zero attached hydrogens (tertiary/aromatic N) is 2. The van der Waals surface area contributed by atoms with Gasteiger partial charge in [-0.1, -0.05) is 0 Å². The number of hydrogen-bond acceptors (Lipinski definition) is 2. The highest BCUT2D eigenvalue weighted by atomic mass is 19.4. The summed E-state index contributed by atoms with van der Waals surface area (Å²) in [5.74, 6) is 0.232. The van der Waals surface area contributed by atoms with Gasteiger partial charge < -0.3 is 9.88 Å². The van der Waals surface area contributed by atoms with E-state index in [-0.39, 0.29) is 12.6 Å². The Morgan fingerprint density at radius 3 is 2.19 bits per heavy atom. The molecule has 1 aromatic heterocycles. The van der Waals surface area contributed by atoms with Crippen molar-refractivity contribution in [3.63, 3.8) is 0 Å². The molecule has 1 aliphatic rings. The van der Waals surface area contributed by atoms with Gasteiger partial charge in [0.2, 0.25) is 0 Å². The van der Waals surface area contributed by atoms with Crippen molar-refractivity contribution >= 4 is 5.91 Å². The van der Waals surface area contributed by atoms with Crippen LogP contribution in [0.2, 0.25) is 0 Å². The van der Waals surface area contributed by atoms with Crippen LogP contribution in [0.1, 0.15) is 46.1 Å². The first-order valence-electron chi connectivity index (χ1n) is 8.14. The molecule has 1 amide bonds. The van der Waals surface area contributed by atoms with Gasteiger partial charge >= 0.3 is 12.4 Å². The molecule has 1 N–H and O–H groups in total. The lowest BCUT2D eigenvalue weighted by molar-refractivity contribution is -0.143. The SMILES string of the molecule is O=C(NCCn1ccnc1C1CC1)c1cc(C(F)(F)F)cc(C(F)(F)F)c1. The minimum absolute atomic E-state index is 0.00974. The van der Waals surface area contributed by atoms with Crippen LogP contribution in [0.4, 0.5) is 26.3 Å². The number of hydrogen-bond donors (Lipinski definition) is 1. The van der Waals surface area contributed by atoms with Crippen LogP contribution in [0, 0.1) is 0 Å². The number of imidazole rings is 1. The zero-order valence-electron chi connectivity index (χ0n) is 13.9. The zero-order valence-corrected chi connectivity index (χ0v) is 13.9. The number of benzene rings is 1. The smallest absolute Gasteiger partial charge is 0.350 e. The van der Waals surface area contributed by atoms with Crippen LogP contribution < -0.4 is 5.32 Å². The van der Waals surface area contributed by atoms with Crippen LogP contribution in [-0.2, 0) is 18.9 Å². The highest BCUT2D eigenvalue weighted by Gasteiger charge is 2.37. The lowest BCUT2D eigenvalue weighted by Crippen LogP contribution is -2.28. The number of amides is 1. The number of halogens is 6. The van der Waals surface area contributed by atoms with Gasteiger partial charge in [0.25, 0.3) is 5.91 Å². The van der Waals surface area contributed by atoms with Gasteiger partial charge in [-0.25, -0.2) is 4.98 Å². The lowest BCUT2D eigenvalue weighted by atomic mass is 10.0. The maximum atomic E-state index is 12.9. The maximum Gasteiger partial charge on any atom is 0.416 e. The molecule has 146 valence electrons. The molecule has 0 bridgehead atoms. The van der Waals surface area contributed by atoms with Gasteiger partial charge in [-0.15, -0.1) is 0 Å². The summed E-state index contributed by atoms with van der Waals surface area (Å²) in [7, 11) is 0. The Balaban J connectivity index is 1.72. The number of rotatable bonds is 5. The predicted molar refractivity (Wildman–Crippen MR) is 83.0 cm³/mol. The standard InChI is InChI=1S/C17H15F6N3O/c18-16(19,20)12-7-11(8-13(9-12)17(21,22)23)15(27)25-4-6-26-5-3-24-14(26)10-1-2-10/h3,5,7-10H,1-2,4,6H2,(H,25,27). The Morgan fingerprint density at radius 2 is 1.67 bits per heavy atom. The summed E-state index contributed by atoms with van der Waals surface area (Å²) in [6, 6.07) is 0.818. The molecule has 3 rings (SSSR count). The van der Waals surface area contributed by atoms with Crippen molar-refractivity contribution in [1.82, 2.24) is 14.9 Å². The van der Waals surface area contributed by atoms with E-state index in [2.05, 4.69) is 10.3 Å². The van der Waals surface area contributed by atoms with Gasteiger partial charge in [0.05, 0.1) is 11.1 Å². The van der Waals surface area contributed by atoms with Crippen LogP contribution >= 0.6 is 0 Å². The van der Waals surface area contributed by atoms with Crippen LogP contribution in [-0.4, -0.2) is 22.0 Å². The Hall–Kier alpha value is -2.52. The third-order valence-electron chi connectivity index (χ3n) is 4.18. The van der Waals surface area contributed by atoms with Gasteiger partial charge in [0.15, 0.2) is 0 Å². The first-order chi connectivity index (χ1) is 12.6. The summed E-state index contributed by atoms with van der Waals surface area (Å²) in [4.78, 5) is 16.3. The fraction of sp³-hybridized carbons (Fsp3) is 0.412. The minimum atomic E-state index is -4.99. The van der Waals surface area contributed by atoms with Gasteiger partial charge in [-0.3, -0.25) is 4.79 Å².